The highest BCUT2D eigenvalue weighted by molar-refractivity contribution is 6.35. The molecule has 0 unspecified atom stereocenters. The minimum Gasteiger partial charge on any atom is -0.488 e. The molecule has 0 spiro atoms. The summed E-state index contributed by atoms with van der Waals surface area (Å²) in [5, 5.41) is 10.3. The SMILES string of the molecule is CC1CCC(Oc2c(Cl)cc(Cl)cc2CO)CC1. The molecule has 4 heteroatoms. The molecule has 100 valence electrons. The van der Waals surface area contributed by atoms with Gasteiger partial charge in [-0.05, 0) is 43.7 Å². The van der Waals surface area contributed by atoms with Gasteiger partial charge in [0, 0.05) is 10.6 Å². The molecule has 1 aliphatic rings. The summed E-state index contributed by atoms with van der Waals surface area (Å²) in [6.07, 6.45) is 4.66. The van der Waals surface area contributed by atoms with Crippen molar-refractivity contribution in [3.05, 3.63) is 27.7 Å². The van der Waals surface area contributed by atoms with Crippen LogP contribution in [0.15, 0.2) is 12.1 Å². The summed E-state index contributed by atoms with van der Waals surface area (Å²) in [5.74, 6) is 1.37. The zero-order chi connectivity index (χ0) is 13.1. The van der Waals surface area contributed by atoms with Gasteiger partial charge in [-0.3, -0.25) is 0 Å². The molecule has 2 rings (SSSR count). The first-order valence-corrected chi connectivity index (χ1v) is 7.11. The van der Waals surface area contributed by atoms with E-state index in [2.05, 4.69) is 6.92 Å². The third-order valence-corrected chi connectivity index (χ3v) is 4.00. The fourth-order valence-corrected chi connectivity index (χ4v) is 2.96. The highest BCUT2D eigenvalue weighted by atomic mass is 35.5. The Kier molecular flexibility index (Phi) is 4.77. The molecule has 1 aromatic carbocycles. The van der Waals surface area contributed by atoms with Gasteiger partial charge in [0.15, 0.2) is 0 Å². The van der Waals surface area contributed by atoms with Crippen LogP contribution in [0.25, 0.3) is 0 Å². The Balaban J connectivity index is 2.13. The highest BCUT2D eigenvalue weighted by Crippen LogP contribution is 2.35. The second-order valence-electron chi connectivity index (χ2n) is 5.03. The van der Waals surface area contributed by atoms with Gasteiger partial charge in [0.05, 0.1) is 17.7 Å². The normalized spacial score (nSPS) is 24.0. The maximum atomic E-state index is 9.34. The van der Waals surface area contributed by atoms with Crippen LogP contribution in [0.1, 0.15) is 38.2 Å². The van der Waals surface area contributed by atoms with Gasteiger partial charge in [-0.2, -0.15) is 0 Å². The van der Waals surface area contributed by atoms with Gasteiger partial charge in [0.25, 0.3) is 0 Å². The minimum atomic E-state index is -0.112. The fraction of sp³-hybridized carbons (Fsp3) is 0.571. The summed E-state index contributed by atoms with van der Waals surface area (Å²) < 4.78 is 5.96. The van der Waals surface area contributed by atoms with E-state index in [1.165, 1.54) is 12.8 Å². The van der Waals surface area contributed by atoms with Crippen LogP contribution in [0.3, 0.4) is 0 Å². The lowest BCUT2D eigenvalue weighted by Crippen LogP contribution is -2.23. The molecule has 0 bridgehead atoms. The van der Waals surface area contributed by atoms with Crippen molar-refractivity contribution >= 4 is 23.2 Å². The number of halogens is 2. The molecule has 0 atom stereocenters. The van der Waals surface area contributed by atoms with E-state index in [1.807, 2.05) is 0 Å². The van der Waals surface area contributed by atoms with Crippen LogP contribution in [-0.4, -0.2) is 11.2 Å². The summed E-state index contributed by atoms with van der Waals surface area (Å²) in [4.78, 5) is 0. The second-order valence-corrected chi connectivity index (χ2v) is 5.88. The van der Waals surface area contributed by atoms with E-state index in [0.29, 0.717) is 21.4 Å². The Morgan fingerprint density at radius 1 is 1.22 bits per heavy atom. The largest absolute Gasteiger partial charge is 0.488 e. The maximum Gasteiger partial charge on any atom is 0.143 e. The van der Waals surface area contributed by atoms with E-state index >= 15 is 0 Å². The lowest BCUT2D eigenvalue weighted by molar-refractivity contribution is 0.132. The molecule has 0 saturated heterocycles. The molecule has 1 saturated carbocycles. The topological polar surface area (TPSA) is 29.5 Å². The van der Waals surface area contributed by atoms with Gasteiger partial charge < -0.3 is 9.84 Å². The molecule has 0 aromatic heterocycles. The minimum absolute atomic E-state index is 0.112. The van der Waals surface area contributed by atoms with Crippen molar-refractivity contribution < 1.29 is 9.84 Å². The van der Waals surface area contributed by atoms with Gasteiger partial charge in [-0.1, -0.05) is 30.1 Å². The quantitative estimate of drug-likeness (QED) is 0.891. The Labute approximate surface area is 118 Å². The van der Waals surface area contributed by atoms with Crippen molar-refractivity contribution in [1.82, 2.24) is 0 Å². The summed E-state index contributed by atoms with van der Waals surface area (Å²) in [7, 11) is 0. The summed E-state index contributed by atoms with van der Waals surface area (Å²) in [5.41, 5.74) is 0.658. The number of hydrogen-bond acceptors (Lipinski definition) is 2. The van der Waals surface area contributed by atoms with E-state index in [-0.39, 0.29) is 12.7 Å². The lowest BCUT2D eigenvalue weighted by Gasteiger charge is -2.28. The fourth-order valence-electron chi connectivity index (χ4n) is 2.38. The standard InChI is InChI=1S/C14H18Cl2O2/c1-9-2-4-12(5-3-9)18-14-10(8-17)6-11(15)7-13(14)16/h6-7,9,12,17H,2-5,8H2,1H3. The molecular weight excluding hydrogens is 271 g/mol. The van der Waals surface area contributed by atoms with Crippen LogP contribution in [-0.2, 0) is 6.61 Å². The Morgan fingerprint density at radius 3 is 2.50 bits per heavy atom. The Bertz CT molecular complexity index is 413. The summed E-state index contributed by atoms with van der Waals surface area (Å²) in [6.45, 7) is 2.16. The number of hydrogen-bond donors (Lipinski definition) is 1. The zero-order valence-corrected chi connectivity index (χ0v) is 12.0. The van der Waals surface area contributed by atoms with E-state index < -0.39 is 0 Å². The number of ether oxygens (including phenoxy) is 1. The van der Waals surface area contributed by atoms with Crippen LogP contribution in [0, 0.1) is 5.92 Å². The molecule has 0 heterocycles. The van der Waals surface area contributed by atoms with Gasteiger partial charge in [-0.25, -0.2) is 0 Å². The monoisotopic (exact) mass is 288 g/mol. The van der Waals surface area contributed by atoms with Crippen molar-refractivity contribution in [3.8, 4) is 5.75 Å². The van der Waals surface area contributed by atoms with Crippen molar-refractivity contribution in [3.63, 3.8) is 0 Å². The van der Waals surface area contributed by atoms with Crippen molar-refractivity contribution in [2.75, 3.05) is 0 Å². The Morgan fingerprint density at radius 2 is 1.89 bits per heavy atom. The molecule has 2 nitrogen and oxygen atoms in total. The molecular formula is C14H18Cl2O2. The third kappa shape index (κ3) is 3.31. The maximum absolute atomic E-state index is 9.34. The van der Waals surface area contributed by atoms with Gasteiger partial charge in [0.1, 0.15) is 5.75 Å². The van der Waals surface area contributed by atoms with E-state index in [0.717, 1.165) is 18.8 Å². The van der Waals surface area contributed by atoms with E-state index in [9.17, 15) is 5.11 Å². The molecule has 1 aromatic rings. The molecule has 0 aliphatic heterocycles. The first-order valence-electron chi connectivity index (χ1n) is 6.35. The molecule has 18 heavy (non-hydrogen) atoms. The number of rotatable bonds is 3. The number of benzene rings is 1. The first kappa shape index (κ1) is 14.0. The Hall–Kier alpha value is -0.440. The van der Waals surface area contributed by atoms with Gasteiger partial charge in [0.2, 0.25) is 0 Å². The van der Waals surface area contributed by atoms with Crippen LogP contribution < -0.4 is 4.74 Å². The molecule has 1 N–H and O–H groups in total. The molecule has 0 amide bonds. The van der Waals surface area contributed by atoms with Crippen molar-refractivity contribution in [2.45, 2.75) is 45.3 Å². The number of aliphatic hydroxyl groups excluding tert-OH is 1. The van der Waals surface area contributed by atoms with Crippen molar-refractivity contribution in [1.29, 1.82) is 0 Å². The predicted molar refractivity (Wildman–Crippen MR) is 74.4 cm³/mol. The van der Waals surface area contributed by atoms with Gasteiger partial charge in [-0.15, -0.1) is 0 Å². The average Bonchev–Trinajstić information content (AvgIpc) is 2.34. The molecule has 0 radical (unpaired) electrons. The van der Waals surface area contributed by atoms with Crippen LogP contribution in [0.2, 0.25) is 10.0 Å². The van der Waals surface area contributed by atoms with E-state index in [4.69, 9.17) is 27.9 Å². The third-order valence-electron chi connectivity index (χ3n) is 3.50. The van der Waals surface area contributed by atoms with Crippen LogP contribution in [0.4, 0.5) is 0 Å². The predicted octanol–water partition coefficient (Wildman–Crippen LogP) is 4.44. The molecule has 1 fully saturated rings. The van der Waals surface area contributed by atoms with E-state index in [1.54, 1.807) is 12.1 Å². The van der Waals surface area contributed by atoms with Crippen LogP contribution >= 0.6 is 23.2 Å². The highest BCUT2D eigenvalue weighted by Gasteiger charge is 2.21. The number of aliphatic hydroxyl groups is 1. The summed E-state index contributed by atoms with van der Waals surface area (Å²) >= 11 is 12.1. The zero-order valence-electron chi connectivity index (χ0n) is 10.5. The second kappa shape index (κ2) is 6.14. The average molecular weight is 289 g/mol. The smallest absolute Gasteiger partial charge is 0.143 e. The summed E-state index contributed by atoms with van der Waals surface area (Å²) in [6, 6.07) is 3.36. The lowest BCUT2D eigenvalue weighted by atomic mass is 9.89. The first-order chi connectivity index (χ1) is 8.60. The van der Waals surface area contributed by atoms with Crippen LogP contribution in [0.5, 0.6) is 5.75 Å². The molecule has 1 aliphatic carbocycles. The van der Waals surface area contributed by atoms with Crippen molar-refractivity contribution in [2.24, 2.45) is 5.92 Å². The van der Waals surface area contributed by atoms with Gasteiger partial charge >= 0.3 is 0 Å².